The third-order valence-electron chi connectivity index (χ3n) is 5.96. The summed E-state index contributed by atoms with van der Waals surface area (Å²) in [4.78, 5) is 21.9. The van der Waals surface area contributed by atoms with Gasteiger partial charge in [0.2, 0.25) is 0 Å². The number of aromatic nitrogens is 2. The summed E-state index contributed by atoms with van der Waals surface area (Å²) in [5.74, 6) is 0.421. The largest absolute Gasteiger partial charge is 0.465 e. The topological polar surface area (TPSA) is 78.3 Å². The van der Waals surface area contributed by atoms with Crippen LogP contribution in [0, 0.1) is 0 Å². The number of alkyl halides is 3. The van der Waals surface area contributed by atoms with Crippen LogP contribution in [0.1, 0.15) is 31.9 Å². The van der Waals surface area contributed by atoms with Gasteiger partial charge >= 0.3 is 12.3 Å². The Bertz CT molecular complexity index is 1430. The molecule has 1 amide bonds. The van der Waals surface area contributed by atoms with Crippen LogP contribution in [-0.4, -0.2) is 38.2 Å². The molecule has 0 unspecified atom stereocenters. The van der Waals surface area contributed by atoms with Crippen LogP contribution >= 0.6 is 0 Å². The highest BCUT2D eigenvalue weighted by Crippen LogP contribution is 2.33. The first-order valence-electron chi connectivity index (χ1n) is 11.7. The highest BCUT2D eigenvalue weighted by Gasteiger charge is 2.31. The number of nitrogens with one attached hydrogen (secondary N) is 1. The highest BCUT2D eigenvalue weighted by molar-refractivity contribution is 5.95. The van der Waals surface area contributed by atoms with Crippen molar-refractivity contribution in [1.29, 1.82) is 0 Å². The third-order valence-corrected chi connectivity index (χ3v) is 5.96. The maximum Gasteiger partial charge on any atom is 0.416 e. The summed E-state index contributed by atoms with van der Waals surface area (Å²) in [6.07, 6.45) is -3.83. The van der Waals surface area contributed by atoms with Gasteiger partial charge in [-0.2, -0.15) is 13.2 Å². The molecule has 0 fully saturated rings. The van der Waals surface area contributed by atoms with Crippen LogP contribution in [-0.2, 0) is 12.6 Å². The molecule has 9 heteroatoms. The fraction of sp³-hybridized carbons (Fsp3) is 0.250. The molecule has 0 atom stereocenters. The third kappa shape index (κ3) is 6.17. The molecule has 2 N–H and O–H groups in total. The fourth-order valence-electron chi connectivity index (χ4n) is 4.08. The molecule has 4 aromatic rings. The lowest BCUT2D eigenvalue weighted by molar-refractivity contribution is -0.137. The Morgan fingerprint density at radius 1 is 1.00 bits per heavy atom. The van der Waals surface area contributed by atoms with Crippen molar-refractivity contribution in [3.63, 3.8) is 0 Å². The number of hydrogen-bond donors (Lipinski definition) is 2. The molecule has 0 radical (unpaired) electrons. The van der Waals surface area contributed by atoms with Crippen LogP contribution in [0.25, 0.3) is 22.0 Å². The average Bonchev–Trinajstić information content (AvgIpc) is 2.83. The maximum atomic E-state index is 13.2. The number of carbonyl (C=O) groups is 1. The predicted octanol–water partition coefficient (Wildman–Crippen LogP) is 7.38. The molecular weight excluding hydrogens is 481 g/mol. The minimum absolute atomic E-state index is 0.0364. The maximum absolute atomic E-state index is 13.2. The van der Waals surface area contributed by atoms with E-state index in [-0.39, 0.29) is 5.82 Å². The molecule has 4 rings (SSSR count). The number of amides is 1. The van der Waals surface area contributed by atoms with Gasteiger partial charge in [-0.1, -0.05) is 42.5 Å². The molecule has 0 aliphatic carbocycles. The second-order valence-electron chi connectivity index (χ2n) is 9.69. The Balaban J connectivity index is 1.68. The molecular formula is C28H27F3N4O2. The first kappa shape index (κ1) is 25.9. The van der Waals surface area contributed by atoms with Gasteiger partial charge in [-0.25, -0.2) is 14.8 Å². The highest BCUT2D eigenvalue weighted by atomic mass is 19.4. The monoisotopic (exact) mass is 508 g/mol. The van der Waals surface area contributed by atoms with Crippen molar-refractivity contribution in [2.45, 2.75) is 38.9 Å². The average molecular weight is 509 g/mol. The van der Waals surface area contributed by atoms with E-state index in [1.807, 2.05) is 75.4 Å². The lowest BCUT2D eigenvalue weighted by Crippen LogP contribution is -2.45. The van der Waals surface area contributed by atoms with E-state index in [4.69, 9.17) is 4.98 Å². The van der Waals surface area contributed by atoms with Gasteiger partial charge in [-0.3, -0.25) is 0 Å². The van der Waals surface area contributed by atoms with E-state index in [0.29, 0.717) is 24.5 Å². The van der Waals surface area contributed by atoms with Gasteiger partial charge in [0.1, 0.15) is 11.6 Å². The lowest BCUT2D eigenvalue weighted by atomic mass is 10.0. The molecule has 37 heavy (non-hydrogen) atoms. The Labute approximate surface area is 212 Å². The van der Waals surface area contributed by atoms with Crippen LogP contribution in [0.3, 0.4) is 0 Å². The first-order valence-corrected chi connectivity index (χ1v) is 11.7. The number of anilines is 2. The standard InChI is InChI=1S/C28H27F3N4O2/c1-27(2,3)35(26(36)37)14-12-18-7-6-9-20(15-18)23-16-19-8-4-5-10-22(19)25(33-23)34-24-17-21(11-13-32-24)28(29,30)31/h4-11,13,15-17H,12,14H2,1-3H3,(H,36,37)(H,32,33,34). The number of nitrogens with zero attached hydrogens (tertiary/aromatic N) is 3. The van der Waals surface area contributed by atoms with Crippen molar-refractivity contribution >= 4 is 28.5 Å². The molecule has 0 saturated carbocycles. The van der Waals surface area contributed by atoms with E-state index >= 15 is 0 Å². The van der Waals surface area contributed by atoms with Crippen LogP contribution in [0.5, 0.6) is 0 Å². The quantitative estimate of drug-likeness (QED) is 0.284. The van der Waals surface area contributed by atoms with Crippen molar-refractivity contribution < 1.29 is 23.1 Å². The van der Waals surface area contributed by atoms with Crippen LogP contribution in [0.15, 0.2) is 72.9 Å². The first-order chi connectivity index (χ1) is 17.4. The van der Waals surface area contributed by atoms with Gasteiger partial charge in [0.25, 0.3) is 0 Å². The van der Waals surface area contributed by atoms with Crippen LogP contribution < -0.4 is 5.32 Å². The van der Waals surface area contributed by atoms with Crippen molar-refractivity contribution in [2.75, 3.05) is 11.9 Å². The number of pyridine rings is 2. The van der Waals surface area contributed by atoms with E-state index < -0.39 is 23.4 Å². The van der Waals surface area contributed by atoms with Crippen LogP contribution in [0.4, 0.5) is 29.6 Å². The summed E-state index contributed by atoms with van der Waals surface area (Å²) >= 11 is 0. The fourth-order valence-corrected chi connectivity index (χ4v) is 4.08. The Hall–Kier alpha value is -4.14. The summed E-state index contributed by atoms with van der Waals surface area (Å²) in [5.41, 5.74) is 1.05. The lowest BCUT2D eigenvalue weighted by Gasteiger charge is -2.33. The van der Waals surface area contributed by atoms with E-state index in [0.717, 1.165) is 40.2 Å². The van der Waals surface area contributed by atoms with Gasteiger partial charge in [0, 0.05) is 29.2 Å². The molecule has 2 aromatic carbocycles. The predicted molar refractivity (Wildman–Crippen MR) is 138 cm³/mol. The Kier molecular flexibility index (Phi) is 7.07. The number of rotatable bonds is 6. The summed E-state index contributed by atoms with van der Waals surface area (Å²) in [6, 6.07) is 18.9. The summed E-state index contributed by atoms with van der Waals surface area (Å²) < 4.78 is 39.6. The van der Waals surface area contributed by atoms with Gasteiger partial charge in [0.05, 0.1) is 11.3 Å². The minimum Gasteiger partial charge on any atom is -0.465 e. The SMILES string of the molecule is CC(C)(C)N(CCc1cccc(-c2cc3ccccc3c(Nc3cc(C(F)(F)F)ccn3)n2)c1)C(=O)O. The smallest absolute Gasteiger partial charge is 0.416 e. The second-order valence-corrected chi connectivity index (χ2v) is 9.69. The molecule has 0 aliphatic rings. The molecule has 0 aliphatic heterocycles. The van der Waals surface area contributed by atoms with Gasteiger partial charge < -0.3 is 15.3 Å². The van der Waals surface area contributed by atoms with Gasteiger partial charge in [-0.15, -0.1) is 0 Å². The Morgan fingerprint density at radius 3 is 2.46 bits per heavy atom. The van der Waals surface area contributed by atoms with Crippen molar-refractivity contribution in [3.8, 4) is 11.3 Å². The Morgan fingerprint density at radius 2 is 1.76 bits per heavy atom. The van der Waals surface area contributed by atoms with Crippen molar-refractivity contribution in [1.82, 2.24) is 14.9 Å². The number of hydrogen-bond acceptors (Lipinski definition) is 4. The molecule has 6 nitrogen and oxygen atoms in total. The normalized spacial score (nSPS) is 11.9. The number of fused-ring (bicyclic) bond motifs is 1. The molecule has 0 bridgehead atoms. The number of benzene rings is 2. The molecule has 2 heterocycles. The molecule has 0 saturated heterocycles. The summed E-state index contributed by atoms with van der Waals surface area (Å²) in [5, 5.41) is 14.1. The summed E-state index contributed by atoms with van der Waals surface area (Å²) in [7, 11) is 0. The molecule has 0 spiro atoms. The summed E-state index contributed by atoms with van der Waals surface area (Å²) in [6.45, 7) is 5.89. The zero-order valence-electron chi connectivity index (χ0n) is 20.7. The van der Waals surface area contributed by atoms with E-state index in [9.17, 15) is 23.1 Å². The number of carboxylic acid groups (broad SMARTS) is 1. The van der Waals surface area contributed by atoms with E-state index in [2.05, 4.69) is 10.3 Å². The zero-order valence-corrected chi connectivity index (χ0v) is 20.7. The minimum atomic E-state index is -4.49. The van der Waals surface area contributed by atoms with E-state index in [1.54, 1.807) is 0 Å². The number of halogens is 3. The van der Waals surface area contributed by atoms with Gasteiger partial charge in [-0.05, 0) is 62.4 Å². The second kappa shape index (κ2) is 10.1. The molecule has 192 valence electrons. The zero-order chi connectivity index (χ0) is 26.8. The molecule has 2 aromatic heterocycles. The van der Waals surface area contributed by atoms with Crippen LogP contribution in [0.2, 0.25) is 0 Å². The van der Waals surface area contributed by atoms with Crippen molar-refractivity contribution in [2.24, 2.45) is 0 Å². The van der Waals surface area contributed by atoms with E-state index in [1.165, 1.54) is 4.90 Å². The van der Waals surface area contributed by atoms with Crippen molar-refractivity contribution in [3.05, 3.63) is 84.1 Å². The van der Waals surface area contributed by atoms with Gasteiger partial charge in [0.15, 0.2) is 0 Å².